The van der Waals surface area contributed by atoms with Crippen LogP contribution in [0, 0.1) is 0 Å². The zero-order chi connectivity index (χ0) is 16.2. The van der Waals surface area contributed by atoms with E-state index in [0.717, 1.165) is 0 Å². The molecule has 1 rings (SSSR count). The average molecular weight is 305 g/mol. The lowest BCUT2D eigenvalue weighted by Crippen LogP contribution is -2.46. The Labute approximate surface area is 123 Å². The Morgan fingerprint density at radius 2 is 1.76 bits per heavy atom. The zero-order valence-electron chi connectivity index (χ0n) is 12.4. The number of esters is 1. The molecule has 0 bridgehead atoms. The zero-order valence-corrected chi connectivity index (χ0v) is 12.4. The van der Waals surface area contributed by atoms with Crippen LogP contribution in [0.1, 0.15) is 27.2 Å². The molecule has 0 amide bonds. The van der Waals surface area contributed by atoms with Crippen molar-refractivity contribution in [3.63, 3.8) is 0 Å². The maximum Gasteiger partial charge on any atom is 0.374 e. The number of nitrogens with two attached hydrogens (primary N) is 1. The number of carbonyl (C=O) groups excluding carboxylic acids is 2. The average Bonchev–Trinajstić information content (AvgIpc) is 2.74. The Bertz CT molecular complexity index is 385. The van der Waals surface area contributed by atoms with E-state index in [1.165, 1.54) is 0 Å². The molecule has 0 aromatic heterocycles. The standard InChI is InChI=1S/C13H23NO7/c1-4-19-12(18)8(16)5-7(15)10-11(9(17)6-14)21-13(2,3)20-10/h7,9-11,15,17H,4-6,14H2,1-3H3/t7-,9-,10-,11-/m1/s1. The summed E-state index contributed by atoms with van der Waals surface area (Å²) >= 11 is 0. The number of aliphatic hydroxyl groups excluding tert-OH is 2. The Morgan fingerprint density at radius 3 is 2.24 bits per heavy atom. The first-order chi connectivity index (χ1) is 9.71. The summed E-state index contributed by atoms with van der Waals surface area (Å²) in [4.78, 5) is 22.9. The fraction of sp³-hybridized carbons (Fsp3) is 0.846. The fourth-order valence-corrected chi connectivity index (χ4v) is 2.15. The van der Waals surface area contributed by atoms with E-state index in [1.807, 2.05) is 0 Å². The van der Waals surface area contributed by atoms with Gasteiger partial charge in [-0.2, -0.15) is 0 Å². The van der Waals surface area contributed by atoms with Crippen molar-refractivity contribution in [1.29, 1.82) is 0 Å². The summed E-state index contributed by atoms with van der Waals surface area (Å²) in [7, 11) is 0. The Balaban J connectivity index is 2.72. The number of hydrogen-bond donors (Lipinski definition) is 3. The highest BCUT2D eigenvalue weighted by atomic mass is 16.8. The molecule has 0 radical (unpaired) electrons. The largest absolute Gasteiger partial charge is 0.460 e. The first-order valence-electron chi connectivity index (χ1n) is 6.83. The molecule has 0 saturated carbocycles. The van der Waals surface area contributed by atoms with Crippen molar-refractivity contribution in [2.45, 2.75) is 57.4 Å². The minimum absolute atomic E-state index is 0.0747. The van der Waals surface area contributed by atoms with Crippen molar-refractivity contribution >= 4 is 11.8 Å². The summed E-state index contributed by atoms with van der Waals surface area (Å²) in [5.41, 5.74) is 5.38. The van der Waals surface area contributed by atoms with E-state index in [4.69, 9.17) is 15.2 Å². The summed E-state index contributed by atoms with van der Waals surface area (Å²) in [5.74, 6) is -2.90. The third kappa shape index (κ3) is 4.72. The van der Waals surface area contributed by atoms with Crippen LogP contribution in [-0.4, -0.2) is 65.3 Å². The molecule has 1 saturated heterocycles. The first kappa shape index (κ1) is 18.0. The molecule has 4 atom stereocenters. The van der Waals surface area contributed by atoms with Crippen LogP contribution < -0.4 is 5.73 Å². The van der Waals surface area contributed by atoms with Gasteiger partial charge in [0.1, 0.15) is 12.2 Å². The molecule has 21 heavy (non-hydrogen) atoms. The Morgan fingerprint density at radius 1 is 1.24 bits per heavy atom. The highest BCUT2D eigenvalue weighted by Gasteiger charge is 2.48. The van der Waals surface area contributed by atoms with Gasteiger partial charge in [0.15, 0.2) is 5.79 Å². The monoisotopic (exact) mass is 305 g/mol. The van der Waals surface area contributed by atoms with Crippen LogP contribution in [0.5, 0.6) is 0 Å². The van der Waals surface area contributed by atoms with Gasteiger partial charge >= 0.3 is 5.97 Å². The van der Waals surface area contributed by atoms with Gasteiger partial charge in [0.05, 0.1) is 18.8 Å². The van der Waals surface area contributed by atoms with Crippen LogP contribution in [0.3, 0.4) is 0 Å². The number of aliphatic hydroxyl groups is 2. The van der Waals surface area contributed by atoms with Gasteiger partial charge in [0, 0.05) is 13.0 Å². The molecule has 1 fully saturated rings. The second-order valence-corrected chi connectivity index (χ2v) is 5.28. The number of Topliss-reactive ketones (excluding diaryl/α,β-unsaturated/α-hetero) is 1. The molecular weight excluding hydrogens is 282 g/mol. The van der Waals surface area contributed by atoms with Crippen LogP contribution in [-0.2, 0) is 23.8 Å². The summed E-state index contributed by atoms with van der Waals surface area (Å²) in [6, 6.07) is 0. The lowest BCUT2D eigenvalue weighted by atomic mass is 9.99. The number of rotatable bonds is 7. The van der Waals surface area contributed by atoms with Crippen molar-refractivity contribution in [3.8, 4) is 0 Å². The molecule has 0 spiro atoms. The second kappa shape index (κ2) is 7.28. The SMILES string of the molecule is CCOC(=O)C(=O)C[C@@H](O)[C@H]1OC(C)(C)O[C@@H]1[C@H](O)CN. The van der Waals surface area contributed by atoms with E-state index in [0.29, 0.717) is 0 Å². The molecule has 0 aromatic rings. The van der Waals surface area contributed by atoms with Crippen molar-refractivity contribution in [2.24, 2.45) is 5.73 Å². The fourth-order valence-electron chi connectivity index (χ4n) is 2.15. The number of ketones is 1. The molecule has 4 N–H and O–H groups in total. The van der Waals surface area contributed by atoms with Gasteiger partial charge in [-0.05, 0) is 20.8 Å². The van der Waals surface area contributed by atoms with Crippen molar-refractivity contribution < 1.29 is 34.0 Å². The van der Waals surface area contributed by atoms with Gasteiger partial charge in [0.25, 0.3) is 0 Å². The summed E-state index contributed by atoms with van der Waals surface area (Å²) in [5, 5.41) is 19.9. The third-order valence-corrected chi connectivity index (χ3v) is 3.06. The molecular formula is C13H23NO7. The highest BCUT2D eigenvalue weighted by molar-refractivity contribution is 6.33. The van der Waals surface area contributed by atoms with Crippen molar-refractivity contribution in [1.82, 2.24) is 0 Å². The minimum Gasteiger partial charge on any atom is -0.460 e. The molecule has 8 nitrogen and oxygen atoms in total. The molecule has 0 unspecified atom stereocenters. The van der Waals surface area contributed by atoms with Gasteiger partial charge in [-0.25, -0.2) is 4.79 Å². The van der Waals surface area contributed by atoms with E-state index < -0.39 is 48.4 Å². The van der Waals surface area contributed by atoms with Crippen LogP contribution >= 0.6 is 0 Å². The number of ether oxygens (including phenoxy) is 3. The van der Waals surface area contributed by atoms with E-state index in [9.17, 15) is 19.8 Å². The molecule has 122 valence electrons. The first-order valence-corrected chi connectivity index (χ1v) is 6.83. The lowest BCUT2D eigenvalue weighted by molar-refractivity contribution is -0.163. The quantitative estimate of drug-likeness (QED) is 0.391. The summed E-state index contributed by atoms with van der Waals surface area (Å²) in [6.45, 7) is 4.79. The van der Waals surface area contributed by atoms with Crippen molar-refractivity contribution in [2.75, 3.05) is 13.2 Å². The minimum atomic E-state index is -1.31. The molecule has 1 aliphatic heterocycles. The van der Waals surface area contributed by atoms with Gasteiger partial charge in [0.2, 0.25) is 5.78 Å². The summed E-state index contributed by atoms with van der Waals surface area (Å²) < 4.78 is 15.5. The maximum absolute atomic E-state index is 11.6. The van der Waals surface area contributed by atoms with Crippen LogP contribution in [0.4, 0.5) is 0 Å². The molecule has 1 aliphatic rings. The van der Waals surface area contributed by atoms with E-state index in [-0.39, 0.29) is 13.2 Å². The lowest BCUT2D eigenvalue weighted by Gasteiger charge is -2.24. The second-order valence-electron chi connectivity index (χ2n) is 5.28. The predicted molar refractivity (Wildman–Crippen MR) is 71.2 cm³/mol. The maximum atomic E-state index is 11.6. The van der Waals surface area contributed by atoms with E-state index >= 15 is 0 Å². The van der Waals surface area contributed by atoms with Gasteiger partial charge < -0.3 is 30.2 Å². The number of hydrogen-bond acceptors (Lipinski definition) is 8. The van der Waals surface area contributed by atoms with E-state index in [1.54, 1.807) is 20.8 Å². The Hall–Kier alpha value is -1.06. The molecule has 8 heteroatoms. The van der Waals surface area contributed by atoms with Crippen LogP contribution in [0.15, 0.2) is 0 Å². The normalized spacial score (nSPS) is 27.1. The van der Waals surface area contributed by atoms with Gasteiger partial charge in [-0.15, -0.1) is 0 Å². The van der Waals surface area contributed by atoms with Gasteiger partial charge in [-0.1, -0.05) is 0 Å². The third-order valence-electron chi connectivity index (χ3n) is 3.06. The molecule has 0 aliphatic carbocycles. The van der Waals surface area contributed by atoms with Crippen LogP contribution in [0.2, 0.25) is 0 Å². The summed E-state index contributed by atoms with van der Waals surface area (Å²) in [6.07, 6.45) is -4.68. The Kier molecular flexibility index (Phi) is 6.24. The number of carbonyl (C=O) groups is 2. The molecule has 0 aromatic carbocycles. The smallest absolute Gasteiger partial charge is 0.374 e. The van der Waals surface area contributed by atoms with Crippen molar-refractivity contribution in [3.05, 3.63) is 0 Å². The van der Waals surface area contributed by atoms with E-state index in [2.05, 4.69) is 4.74 Å². The predicted octanol–water partition coefficient (Wildman–Crippen LogP) is -1.29. The topological polar surface area (TPSA) is 128 Å². The molecule has 1 heterocycles. The van der Waals surface area contributed by atoms with Gasteiger partial charge in [-0.3, -0.25) is 4.79 Å². The van der Waals surface area contributed by atoms with Crippen LogP contribution in [0.25, 0.3) is 0 Å². The highest BCUT2D eigenvalue weighted by Crippen LogP contribution is 2.32.